The van der Waals surface area contributed by atoms with Crippen LogP contribution in [0.2, 0.25) is 0 Å². The molecule has 19 heavy (non-hydrogen) atoms. The highest BCUT2D eigenvalue weighted by Crippen LogP contribution is 2.32. The van der Waals surface area contributed by atoms with Crippen LogP contribution in [0.15, 0.2) is 28.0 Å². The zero-order chi connectivity index (χ0) is 13.7. The van der Waals surface area contributed by atoms with Crippen LogP contribution in [0.3, 0.4) is 0 Å². The van der Waals surface area contributed by atoms with Crippen LogP contribution in [0.4, 0.5) is 0 Å². The fourth-order valence-electron chi connectivity index (χ4n) is 2.08. The maximum absolute atomic E-state index is 11.5. The Kier molecular flexibility index (Phi) is 5.60. The fraction of sp³-hybridized carbons (Fsp3) is 0.500. The molecule has 1 aromatic carbocycles. The van der Waals surface area contributed by atoms with Crippen LogP contribution >= 0.6 is 23.5 Å². The van der Waals surface area contributed by atoms with E-state index in [-0.39, 0.29) is 6.10 Å². The van der Waals surface area contributed by atoms with E-state index in [9.17, 15) is 9.90 Å². The highest BCUT2D eigenvalue weighted by molar-refractivity contribution is 8.00. The van der Waals surface area contributed by atoms with Crippen molar-refractivity contribution in [3.8, 4) is 0 Å². The second-order valence-corrected chi connectivity index (χ2v) is 6.68. The van der Waals surface area contributed by atoms with Gasteiger partial charge in [0.25, 0.3) is 0 Å². The molecule has 0 bridgehead atoms. The van der Waals surface area contributed by atoms with Gasteiger partial charge in [0.2, 0.25) is 0 Å². The maximum atomic E-state index is 11.5. The number of carboxylic acids is 1. The summed E-state index contributed by atoms with van der Waals surface area (Å²) in [5.74, 6) is 0.868. The molecule has 0 aromatic heterocycles. The summed E-state index contributed by atoms with van der Waals surface area (Å²) >= 11 is 3.17. The standard InChI is InChI=1S/C14H18O3S2/c1-2-18-11-6-3-7-12(13(11)14(15)16)19-9-10-5-4-8-17-10/h3,6-7,10H,2,4-5,8-9H2,1H3,(H,15,16). The number of carbonyl (C=O) groups is 1. The first-order chi connectivity index (χ1) is 9.22. The van der Waals surface area contributed by atoms with Crippen LogP contribution in [0.25, 0.3) is 0 Å². The largest absolute Gasteiger partial charge is 0.478 e. The Morgan fingerprint density at radius 1 is 1.42 bits per heavy atom. The van der Waals surface area contributed by atoms with E-state index in [0.29, 0.717) is 5.56 Å². The van der Waals surface area contributed by atoms with E-state index in [1.807, 2.05) is 25.1 Å². The Hall–Kier alpha value is -0.650. The number of hydrogen-bond donors (Lipinski definition) is 1. The Morgan fingerprint density at radius 2 is 2.16 bits per heavy atom. The number of hydrogen-bond acceptors (Lipinski definition) is 4. The quantitative estimate of drug-likeness (QED) is 0.810. The molecule has 1 fully saturated rings. The molecule has 1 aliphatic heterocycles. The zero-order valence-electron chi connectivity index (χ0n) is 10.9. The average molecular weight is 298 g/mol. The van der Waals surface area contributed by atoms with E-state index in [0.717, 1.165) is 40.7 Å². The van der Waals surface area contributed by atoms with Gasteiger partial charge >= 0.3 is 5.97 Å². The molecule has 1 atom stereocenters. The monoisotopic (exact) mass is 298 g/mol. The van der Waals surface area contributed by atoms with E-state index < -0.39 is 5.97 Å². The van der Waals surface area contributed by atoms with Crippen LogP contribution in [0.1, 0.15) is 30.1 Å². The van der Waals surface area contributed by atoms with E-state index in [2.05, 4.69) is 0 Å². The van der Waals surface area contributed by atoms with Gasteiger partial charge in [-0.15, -0.1) is 23.5 Å². The lowest BCUT2D eigenvalue weighted by Crippen LogP contribution is -2.09. The normalized spacial score (nSPS) is 18.7. The van der Waals surface area contributed by atoms with Gasteiger partial charge in [0.1, 0.15) is 0 Å². The van der Waals surface area contributed by atoms with Crippen molar-refractivity contribution in [3.63, 3.8) is 0 Å². The molecular weight excluding hydrogens is 280 g/mol. The van der Waals surface area contributed by atoms with Crippen LogP contribution in [0, 0.1) is 0 Å². The second kappa shape index (κ2) is 7.22. The van der Waals surface area contributed by atoms with Crippen LogP contribution in [-0.2, 0) is 4.74 Å². The summed E-state index contributed by atoms with van der Waals surface area (Å²) in [7, 11) is 0. The van der Waals surface area contributed by atoms with Gasteiger partial charge in [0.05, 0.1) is 11.7 Å². The van der Waals surface area contributed by atoms with Gasteiger partial charge in [-0.25, -0.2) is 4.79 Å². The van der Waals surface area contributed by atoms with E-state index in [4.69, 9.17) is 4.74 Å². The van der Waals surface area contributed by atoms with Gasteiger partial charge in [0.15, 0.2) is 0 Å². The van der Waals surface area contributed by atoms with E-state index in [1.165, 1.54) is 0 Å². The minimum atomic E-state index is -0.841. The third-order valence-corrected chi connectivity index (χ3v) is 5.08. The lowest BCUT2D eigenvalue weighted by Gasteiger charge is -2.12. The molecule has 5 heteroatoms. The molecule has 104 valence electrons. The first kappa shape index (κ1) is 14.8. The number of ether oxygens (including phenoxy) is 1. The average Bonchev–Trinajstić information content (AvgIpc) is 2.89. The van der Waals surface area contributed by atoms with E-state index in [1.54, 1.807) is 23.5 Å². The topological polar surface area (TPSA) is 46.5 Å². The number of aromatic carboxylic acids is 1. The van der Waals surface area contributed by atoms with Gasteiger partial charge in [0, 0.05) is 22.2 Å². The zero-order valence-corrected chi connectivity index (χ0v) is 12.6. The molecule has 3 nitrogen and oxygen atoms in total. The van der Waals surface area contributed by atoms with Crippen LogP contribution in [0.5, 0.6) is 0 Å². The molecular formula is C14H18O3S2. The van der Waals surface area contributed by atoms with Crippen molar-refractivity contribution >= 4 is 29.5 Å². The summed E-state index contributed by atoms with van der Waals surface area (Å²) in [6.45, 7) is 2.87. The molecule has 1 aliphatic rings. The summed E-state index contributed by atoms with van der Waals surface area (Å²) in [5.41, 5.74) is 0.442. The van der Waals surface area contributed by atoms with Crippen molar-refractivity contribution in [2.24, 2.45) is 0 Å². The Bertz CT molecular complexity index is 442. The molecule has 1 heterocycles. The van der Waals surface area contributed by atoms with Crippen molar-refractivity contribution < 1.29 is 14.6 Å². The Morgan fingerprint density at radius 3 is 2.74 bits per heavy atom. The summed E-state index contributed by atoms with van der Waals surface area (Å²) in [5, 5.41) is 9.41. The molecule has 1 unspecified atom stereocenters. The van der Waals surface area contributed by atoms with Crippen molar-refractivity contribution in [1.82, 2.24) is 0 Å². The second-order valence-electron chi connectivity index (χ2n) is 4.31. The number of rotatable bonds is 6. The molecule has 1 saturated heterocycles. The first-order valence-electron chi connectivity index (χ1n) is 6.46. The SMILES string of the molecule is CCSc1cccc(SCC2CCCO2)c1C(=O)O. The third-order valence-electron chi connectivity index (χ3n) is 2.95. The van der Waals surface area contributed by atoms with Gasteiger partial charge in [-0.05, 0) is 30.7 Å². The van der Waals surface area contributed by atoms with Gasteiger partial charge in [-0.2, -0.15) is 0 Å². The van der Waals surface area contributed by atoms with Crippen LogP contribution in [-0.4, -0.2) is 35.3 Å². The molecule has 0 aliphatic carbocycles. The summed E-state index contributed by atoms with van der Waals surface area (Å²) in [6.07, 6.45) is 2.47. The lowest BCUT2D eigenvalue weighted by atomic mass is 10.2. The predicted molar refractivity (Wildman–Crippen MR) is 79.5 cm³/mol. The van der Waals surface area contributed by atoms with Crippen molar-refractivity contribution in [2.45, 2.75) is 35.7 Å². The third kappa shape index (κ3) is 3.91. The predicted octanol–water partition coefficient (Wildman–Crippen LogP) is 3.77. The molecule has 1 N–H and O–H groups in total. The smallest absolute Gasteiger partial charge is 0.337 e. The summed E-state index contributed by atoms with van der Waals surface area (Å²) < 4.78 is 5.58. The number of thioether (sulfide) groups is 2. The minimum Gasteiger partial charge on any atom is -0.478 e. The van der Waals surface area contributed by atoms with E-state index >= 15 is 0 Å². The molecule has 0 radical (unpaired) electrons. The molecule has 0 amide bonds. The minimum absolute atomic E-state index is 0.272. The fourth-order valence-corrected chi connectivity index (χ4v) is 4.11. The van der Waals surface area contributed by atoms with Gasteiger partial charge in [-0.3, -0.25) is 0 Å². The Balaban J connectivity index is 2.13. The summed E-state index contributed by atoms with van der Waals surface area (Å²) in [6, 6.07) is 5.71. The maximum Gasteiger partial charge on any atom is 0.337 e. The summed E-state index contributed by atoms with van der Waals surface area (Å²) in [4.78, 5) is 13.2. The van der Waals surface area contributed by atoms with Crippen molar-refractivity contribution in [1.29, 1.82) is 0 Å². The van der Waals surface area contributed by atoms with Crippen molar-refractivity contribution in [2.75, 3.05) is 18.1 Å². The highest BCUT2D eigenvalue weighted by atomic mass is 32.2. The number of carboxylic acid groups (broad SMARTS) is 1. The molecule has 0 saturated carbocycles. The number of benzene rings is 1. The first-order valence-corrected chi connectivity index (χ1v) is 8.43. The van der Waals surface area contributed by atoms with Crippen molar-refractivity contribution in [3.05, 3.63) is 23.8 Å². The van der Waals surface area contributed by atoms with Gasteiger partial charge < -0.3 is 9.84 Å². The van der Waals surface area contributed by atoms with Gasteiger partial charge in [-0.1, -0.05) is 13.0 Å². The molecule has 0 spiro atoms. The Labute approximate surface area is 122 Å². The highest BCUT2D eigenvalue weighted by Gasteiger charge is 2.19. The van der Waals surface area contributed by atoms with Crippen LogP contribution < -0.4 is 0 Å². The molecule has 1 aromatic rings. The lowest BCUT2D eigenvalue weighted by molar-refractivity contribution is 0.0689. The molecule has 2 rings (SSSR count).